The maximum atomic E-state index is 11.9. The second-order valence-corrected chi connectivity index (χ2v) is 4.58. The fourth-order valence-electron chi connectivity index (χ4n) is 2.00. The second-order valence-electron chi connectivity index (χ2n) is 4.58. The first-order valence-corrected chi connectivity index (χ1v) is 6.58. The number of rotatable bonds is 5. The van der Waals surface area contributed by atoms with Crippen molar-refractivity contribution in [3.63, 3.8) is 0 Å². The number of benzene rings is 2. The molecule has 21 heavy (non-hydrogen) atoms. The summed E-state index contributed by atoms with van der Waals surface area (Å²) in [5, 5.41) is 10.8. The number of nitro groups is 1. The average Bonchev–Trinajstić information content (AvgIpc) is 2.46. The van der Waals surface area contributed by atoms with Gasteiger partial charge in [0.25, 0.3) is 5.69 Å². The predicted octanol–water partition coefficient (Wildman–Crippen LogP) is 4.29. The molecule has 0 amide bonds. The van der Waals surface area contributed by atoms with Crippen molar-refractivity contribution in [2.45, 2.75) is 20.3 Å². The van der Waals surface area contributed by atoms with Gasteiger partial charge in [-0.2, -0.15) is 0 Å². The molecule has 0 aliphatic carbocycles. The third-order valence-corrected chi connectivity index (χ3v) is 3.10. The Labute approximate surface area is 122 Å². The Morgan fingerprint density at radius 1 is 1.24 bits per heavy atom. The van der Waals surface area contributed by atoms with Crippen molar-refractivity contribution in [1.29, 1.82) is 0 Å². The number of carbonyl (C=O) groups is 1. The molecule has 0 heterocycles. The Morgan fingerprint density at radius 2 is 1.95 bits per heavy atom. The summed E-state index contributed by atoms with van der Waals surface area (Å²) in [6.07, 6.45) is 0.389. The van der Waals surface area contributed by atoms with E-state index in [1.165, 1.54) is 12.1 Å². The van der Waals surface area contributed by atoms with Gasteiger partial charge in [0.1, 0.15) is 11.5 Å². The molecule has 0 saturated carbocycles. The van der Waals surface area contributed by atoms with Crippen LogP contribution in [0.25, 0.3) is 0 Å². The lowest BCUT2D eigenvalue weighted by atomic mass is 10.1. The normalized spacial score (nSPS) is 10.2. The molecule has 0 radical (unpaired) electrons. The fraction of sp³-hybridized carbons (Fsp3) is 0.188. The van der Waals surface area contributed by atoms with Crippen LogP contribution in [0, 0.1) is 17.0 Å². The SMILES string of the molecule is CCC(=O)c1ccccc1Oc1ccc([N+](=O)[O-])c(C)c1. The van der Waals surface area contributed by atoms with E-state index in [2.05, 4.69) is 0 Å². The summed E-state index contributed by atoms with van der Waals surface area (Å²) >= 11 is 0. The minimum absolute atomic E-state index is 0.00997. The largest absolute Gasteiger partial charge is 0.457 e. The maximum absolute atomic E-state index is 11.9. The van der Waals surface area contributed by atoms with Gasteiger partial charge in [-0.1, -0.05) is 19.1 Å². The number of carbonyl (C=O) groups excluding carboxylic acids is 1. The number of aryl methyl sites for hydroxylation is 1. The van der Waals surface area contributed by atoms with E-state index in [0.29, 0.717) is 29.0 Å². The third-order valence-electron chi connectivity index (χ3n) is 3.10. The van der Waals surface area contributed by atoms with Gasteiger partial charge in [0.2, 0.25) is 0 Å². The van der Waals surface area contributed by atoms with Crippen molar-refractivity contribution in [2.24, 2.45) is 0 Å². The summed E-state index contributed by atoms with van der Waals surface area (Å²) in [6, 6.07) is 11.5. The van der Waals surface area contributed by atoms with Crippen molar-refractivity contribution in [2.75, 3.05) is 0 Å². The number of ketones is 1. The van der Waals surface area contributed by atoms with Crippen LogP contribution in [0.2, 0.25) is 0 Å². The molecule has 0 aromatic heterocycles. The van der Waals surface area contributed by atoms with Crippen LogP contribution in [0.5, 0.6) is 11.5 Å². The number of nitrogens with zero attached hydrogens (tertiary/aromatic N) is 1. The van der Waals surface area contributed by atoms with E-state index in [1.54, 1.807) is 44.2 Å². The standard InChI is InChI=1S/C16H15NO4/c1-3-15(18)13-6-4-5-7-16(13)21-12-8-9-14(17(19)20)11(2)10-12/h4-10H,3H2,1-2H3. The monoisotopic (exact) mass is 285 g/mol. The molecule has 2 rings (SSSR count). The Morgan fingerprint density at radius 3 is 2.57 bits per heavy atom. The van der Waals surface area contributed by atoms with Crippen LogP contribution in [0.1, 0.15) is 29.3 Å². The summed E-state index contributed by atoms with van der Waals surface area (Å²) in [7, 11) is 0. The van der Waals surface area contributed by atoms with Gasteiger partial charge in [-0.05, 0) is 31.2 Å². The molecule has 2 aromatic rings. The minimum atomic E-state index is -0.437. The molecule has 2 aromatic carbocycles. The highest BCUT2D eigenvalue weighted by atomic mass is 16.6. The topological polar surface area (TPSA) is 69.4 Å². The van der Waals surface area contributed by atoms with Gasteiger partial charge < -0.3 is 4.74 Å². The summed E-state index contributed by atoms with van der Waals surface area (Å²) in [5.41, 5.74) is 1.06. The molecule has 0 fully saturated rings. The highest BCUT2D eigenvalue weighted by Crippen LogP contribution is 2.29. The van der Waals surface area contributed by atoms with Crippen molar-refractivity contribution in [1.82, 2.24) is 0 Å². The minimum Gasteiger partial charge on any atom is -0.457 e. The zero-order valence-electron chi connectivity index (χ0n) is 11.8. The van der Waals surface area contributed by atoms with Gasteiger partial charge in [-0.25, -0.2) is 0 Å². The van der Waals surface area contributed by atoms with Crippen LogP contribution in [-0.4, -0.2) is 10.7 Å². The van der Waals surface area contributed by atoms with E-state index >= 15 is 0 Å². The smallest absolute Gasteiger partial charge is 0.272 e. The molecular weight excluding hydrogens is 270 g/mol. The lowest BCUT2D eigenvalue weighted by molar-refractivity contribution is -0.385. The zero-order valence-corrected chi connectivity index (χ0v) is 11.8. The van der Waals surface area contributed by atoms with Crippen LogP contribution in [0.15, 0.2) is 42.5 Å². The van der Waals surface area contributed by atoms with E-state index in [-0.39, 0.29) is 11.5 Å². The number of nitro benzene ring substituents is 1. The Kier molecular flexibility index (Phi) is 4.33. The molecule has 0 N–H and O–H groups in total. The molecule has 0 atom stereocenters. The molecule has 5 heteroatoms. The van der Waals surface area contributed by atoms with E-state index in [4.69, 9.17) is 4.74 Å². The maximum Gasteiger partial charge on any atom is 0.272 e. The van der Waals surface area contributed by atoms with Crippen LogP contribution >= 0.6 is 0 Å². The Balaban J connectivity index is 2.33. The van der Waals surface area contributed by atoms with Gasteiger partial charge >= 0.3 is 0 Å². The molecule has 108 valence electrons. The van der Waals surface area contributed by atoms with Gasteiger partial charge in [-0.15, -0.1) is 0 Å². The van der Waals surface area contributed by atoms with Crippen molar-refractivity contribution >= 4 is 11.5 Å². The second kappa shape index (κ2) is 6.17. The average molecular weight is 285 g/mol. The lowest BCUT2D eigenvalue weighted by Crippen LogP contribution is -2.00. The molecule has 0 aliphatic heterocycles. The third kappa shape index (κ3) is 3.25. The molecule has 0 saturated heterocycles. The zero-order chi connectivity index (χ0) is 15.4. The van der Waals surface area contributed by atoms with E-state index in [1.807, 2.05) is 0 Å². The molecule has 0 aliphatic rings. The van der Waals surface area contributed by atoms with Crippen LogP contribution < -0.4 is 4.74 Å². The summed E-state index contributed by atoms with van der Waals surface area (Å²) in [4.78, 5) is 22.2. The van der Waals surface area contributed by atoms with Crippen LogP contribution in [-0.2, 0) is 0 Å². The van der Waals surface area contributed by atoms with E-state index in [0.717, 1.165) is 0 Å². The van der Waals surface area contributed by atoms with Gasteiger partial charge in [-0.3, -0.25) is 14.9 Å². The quantitative estimate of drug-likeness (QED) is 0.467. The predicted molar refractivity (Wildman–Crippen MR) is 79.0 cm³/mol. The summed E-state index contributed by atoms with van der Waals surface area (Å²) < 4.78 is 5.70. The van der Waals surface area contributed by atoms with Gasteiger partial charge in [0.05, 0.1) is 10.5 Å². The Bertz CT molecular complexity index is 694. The van der Waals surface area contributed by atoms with Gasteiger partial charge in [0.15, 0.2) is 5.78 Å². The molecule has 0 spiro atoms. The fourth-order valence-corrected chi connectivity index (χ4v) is 2.00. The highest BCUT2D eigenvalue weighted by Gasteiger charge is 2.14. The van der Waals surface area contributed by atoms with Gasteiger partial charge in [0, 0.05) is 18.1 Å². The van der Waals surface area contributed by atoms with E-state index in [9.17, 15) is 14.9 Å². The molecule has 0 unspecified atom stereocenters. The van der Waals surface area contributed by atoms with Crippen molar-refractivity contribution in [3.05, 3.63) is 63.7 Å². The number of hydrogen-bond acceptors (Lipinski definition) is 4. The molecular formula is C16H15NO4. The number of para-hydroxylation sites is 1. The lowest BCUT2D eigenvalue weighted by Gasteiger charge is -2.10. The highest BCUT2D eigenvalue weighted by molar-refractivity contribution is 5.98. The first-order chi connectivity index (χ1) is 10.0. The van der Waals surface area contributed by atoms with Crippen molar-refractivity contribution < 1.29 is 14.5 Å². The molecule has 0 bridgehead atoms. The first kappa shape index (κ1) is 14.7. The Hall–Kier alpha value is -2.69. The van der Waals surface area contributed by atoms with E-state index < -0.39 is 4.92 Å². The molecule has 5 nitrogen and oxygen atoms in total. The number of Topliss-reactive ketones (excluding diaryl/α,β-unsaturated/α-hetero) is 1. The number of ether oxygens (including phenoxy) is 1. The van der Waals surface area contributed by atoms with Crippen LogP contribution in [0.4, 0.5) is 5.69 Å². The van der Waals surface area contributed by atoms with Crippen LogP contribution in [0.3, 0.4) is 0 Å². The number of hydrogen-bond donors (Lipinski definition) is 0. The first-order valence-electron chi connectivity index (χ1n) is 6.58. The summed E-state index contributed by atoms with van der Waals surface area (Å²) in [6.45, 7) is 3.43. The van der Waals surface area contributed by atoms with Crippen molar-refractivity contribution in [3.8, 4) is 11.5 Å². The summed E-state index contributed by atoms with van der Waals surface area (Å²) in [5.74, 6) is 0.913.